The normalized spacial score (nSPS) is 14.1. The maximum absolute atomic E-state index is 5.06. The molecule has 4 aliphatic rings. The monoisotopic (exact) mass is 1390 g/mol. The number of hydrogen-bond acceptors (Lipinski definition) is 6. The van der Waals surface area contributed by atoms with E-state index in [1.165, 1.54) is 148 Å². The van der Waals surface area contributed by atoms with E-state index in [1.807, 2.05) is 60.7 Å². The van der Waals surface area contributed by atoms with Gasteiger partial charge in [0.25, 0.3) is 0 Å². The van der Waals surface area contributed by atoms with Gasteiger partial charge in [0, 0.05) is 44.2 Å². The Morgan fingerprint density at radius 3 is 0.778 bits per heavy atom. The minimum absolute atomic E-state index is 0.102. The number of benzene rings is 14. The first kappa shape index (κ1) is 65.8. The largest absolute Gasteiger partial charge is 0.208 e. The Balaban J connectivity index is 0.000000147. The Labute approximate surface area is 632 Å². The Bertz CT molecular complexity index is 5950. The summed E-state index contributed by atoms with van der Waals surface area (Å²) in [7, 11) is 0. The van der Waals surface area contributed by atoms with Crippen molar-refractivity contribution in [3.05, 3.63) is 374 Å². The lowest BCUT2D eigenvalue weighted by molar-refractivity contribution is 0.353. The van der Waals surface area contributed by atoms with E-state index >= 15 is 0 Å². The van der Waals surface area contributed by atoms with Gasteiger partial charge < -0.3 is 0 Å². The van der Waals surface area contributed by atoms with Gasteiger partial charge in [-0.1, -0.05) is 378 Å². The van der Waals surface area contributed by atoms with Gasteiger partial charge in [-0.25, -0.2) is 29.9 Å². The summed E-state index contributed by atoms with van der Waals surface area (Å²) in [6.07, 6.45) is 12.7. The van der Waals surface area contributed by atoms with Crippen molar-refractivity contribution in [3.63, 3.8) is 0 Å². The highest BCUT2D eigenvalue weighted by molar-refractivity contribution is 5.91. The molecule has 16 aromatic rings. The van der Waals surface area contributed by atoms with Gasteiger partial charge >= 0.3 is 0 Å². The van der Waals surface area contributed by atoms with Gasteiger partial charge in [0.2, 0.25) is 0 Å². The second-order valence-corrected chi connectivity index (χ2v) is 29.4. The lowest BCUT2D eigenvalue weighted by atomic mass is 9.66. The molecule has 6 nitrogen and oxygen atoms in total. The summed E-state index contributed by atoms with van der Waals surface area (Å²) in [4.78, 5) is 30.0. The highest BCUT2D eigenvalue weighted by Crippen LogP contribution is 2.60. The number of nitrogens with zero attached hydrogens (tertiary/aromatic N) is 6. The smallest absolute Gasteiger partial charge is 0.164 e. The fourth-order valence-electron chi connectivity index (χ4n) is 17.9. The summed E-state index contributed by atoms with van der Waals surface area (Å²) in [5.74, 6) is 3.94. The first-order chi connectivity index (χ1) is 53.5. The zero-order valence-electron chi connectivity index (χ0n) is 60.2. The van der Waals surface area contributed by atoms with Crippen molar-refractivity contribution >= 4 is 0 Å². The molecular weight excluding hydrogens is 1310 g/mol. The van der Waals surface area contributed by atoms with Crippen molar-refractivity contribution in [2.24, 2.45) is 0 Å². The molecule has 20 rings (SSSR count). The molecule has 0 aliphatic heterocycles. The summed E-state index contributed by atoms with van der Waals surface area (Å²) < 4.78 is 0. The van der Waals surface area contributed by atoms with Crippen molar-refractivity contribution in [2.75, 3.05) is 0 Å². The van der Waals surface area contributed by atoms with Gasteiger partial charge in [0.15, 0.2) is 34.9 Å². The topological polar surface area (TPSA) is 77.3 Å². The minimum atomic E-state index is 0.102. The molecule has 0 amide bonds. The quantitative estimate of drug-likeness (QED) is 0.121. The highest BCUT2D eigenvalue weighted by Gasteiger charge is 2.46. The molecule has 2 aromatic heterocycles. The van der Waals surface area contributed by atoms with Crippen LogP contribution in [0.4, 0.5) is 0 Å². The van der Waals surface area contributed by atoms with Crippen molar-refractivity contribution in [3.8, 4) is 157 Å². The second kappa shape index (κ2) is 28.5. The van der Waals surface area contributed by atoms with E-state index in [4.69, 9.17) is 29.9 Å². The van der Waals surface area contributed by atoms with Crippen LogP contribution in [0.3, 0.4) is 0 Å². The molecule has 516 valence electrons. The number of aromatic nitrogens is 6. The molecule has 108 heavy (non-hydrogen) atoms. The van der Waals surface area contributed by atoms with Gasteiger partial charge in [0.1, 0.15) is 0 Å². The predicted molar refractivity (Wildman–Crippen MR) is 443 cm³/mol. The summed E-state index contributed by atoms with van der Waals surface area (Å²) in [5.41, 5.74) is 32.4. The number of rotatable bonds is 12. The van der Waals surface area contributed by atoms with Crippen LogP contribution in [0.5, 0.6) is 0 Å². The van der Waals surface area contributed by atoms with E-state index in [0.29, 0.717) is 34.9 Å². The first-order valence-electron chi connectivity index (χ1n) is 38.3. The third-order valence-electron chi connectivity index (χ3n) is 23.1. The summed E-state index contributed by atoms with van der Waals surface area (Å²) in [6, 6.07) is 126. The maximum Gasteiger partial charge on any atom is 0.164 e. The van der Waals surface area contributed by atoms with Crippen LogP contribution in [0.2, 0.25) is 0 Å². The molecule has 4 aliphatic carbocycles. The van der Waals surface area contributed by atoms with Crippen LogP contribution in [0.25, 0.3) is 157 Å². The molecule has 2 fully saturated rings. The molecule has 2 saturated carbocycles. The zero-order valence-corrected chi connectivity index (χ0v) is 60.2. The fraction of sp³-hybridized carbons (Fsp3) is 0.118. The molecule has 0 saturated heterocycles. The van der Waals surface area contributed by atoms with Crippen LogP contribution in [0.1, 0.15) is 86.5 Å². The summed E-state index contributed by atoms with van der Waals surface area (Å²) in [6.45, 7) is 0. The highest BCUT2D eigenvalue weighted by atomic mass is 15.0. The SMILES string of the molecule is c1ccc(-c2ccc(-c3nc(-c4ccccc4)nc(-c4ccc(-c5cccc(-c6cccc7c6C6(CCCCC6)c6ccccc6-7)c5)cc4)n3)cc2)cc1.c1ccc(-c2ccc(-c3nc(-c4ccccc4)nc(-c4cccc(-c5ccc(-c6cccc7c6C6(CCCCC6)c6ccccc6-7)cc5)c4)n3)cc2)cc1. The van der Waals surface area contributed by atoms with Crippen molar-refractivity contribution < 1.29 is 0 Å². The molecule has 0 bridgehead atoms. The van der Waals surface area contributed by atoms with Gasteiger partial charge in [-0.15, -0.1) is 0 Å². The van der Waals surface area contributed by atoms with Crippen LogP contribution in [-0.4, -0.2) is 29.9 Å². The number of fused-ring (bicyclic) bond motifs is 10. The van der Waals surface area contributed by atoms with Crippen LogP contribution < -0.4 is 0 Å². The third kappa shape index (κ3) is 12.3. The van der Waals surface area contributed by atoms with Crippen molar-refractivity contribution in [1.29, 1.82) is 0 Å². The molecule has 0 unspecified atom stereocenters. The van der Waals surface area contributed by atoms with Crippen LogP contribution in [0.15, 0.2) is 352 Å². The lowest BCUT2D eigenvalue weighted by Gasteiger charge is -2.37. The summed E-state index contributed by atoms with van der Waals surface area (Å²) in [5, 5.41) is 0. The molecule has 0 N–H and O–H groups in total. The van der Waals surface area contributed by atoms with Crippen molar-refractivity contribution in [1.82, 2.24) is 29.9 Å². The van der Waals surface area contributed by atoms with Crippen LogP contribution in [-0.2, 0) is 10.8 Å². The van der Waals surface area contributed by atoms with Gasteiger partial charge in [-0.3, -0.25) is 0 Å². The van der Waals surface area contributed by atoms with Gasteiger partial charge in [0.05, 0.1) is 0 Å². The Hall–Kier alpha value is -12.9. The molecule has 6 heteroatoms. The van der Waals surface area contributed by atoms with Crippen molar-refractivity contribution in [2.45, 2.75) is 75.0 Å². The molecule has 0 radical (unpaired) electrons. The Morgan fingerprint density at radius 2 is 0.389 bits per heavy atom. The first-order valence-corrected chi connectivity index (χ1v) is 38.3. The van der Waals surface area contributed by atoms with Crippen LogP contribution in [0, 0.1) is 0 Å². The predicted octanol–water partition coefficient (Wildman–Crippen LogP) is 26.2. The average Bonchev–Trinajstić information content (AvgIpc) is 1.56. The minimum Gasteiger partial charge on any atom is -0.208 e. The Kier molecular flexibility index (Phi) is 17.4. The standard InChI is InChI=1S/2C51H39N3/c1-4-14-35(15-5-1)36-26-30-40(31-27-36)49-52-48(39-16-6-2-7-17-39)53-50(54-49)42-19-12-18-41(34-42)37-24-28-38(29-25-37)43-21-13-22-45-44-20-8-9-23-46(44)51(47(43)45)32-10-3-11-33-51;1-4-14-35(15-5-1)36-24-28-39(29-25-36)49-52-48(38-16-6-2-7-17-38)53-50(54-49)40-30-26-37(27-31-40)41-18-12-19-42(34-41)43-21-13-22-45-44-20-8-9-23-46(44)51(47(43)45)32-10-3-11-33-51/h2*1-2,4-9,12-31,34H,3,10-11,32-33H2. The Morgan fingerprint density at radius 1 is 0.157 bits per heavy atom. The molecule has 0 atom stereocenters. The fourth-order valence-corrected chi connectivity index (χ4v) is 17.9. The van der Waals surface area contributed by atoms with Gasteiger partial charge in [-0.05, 0) is 149 Å². The van der Waals surface area contributed by atoms with E-state index in [0.717, 1.165) is 61.2 Å². The molecular formula is C102H78N6. The molecule has 2 heterocycles. The summed E-state index contributed by atoms with van der Waals surface area (Å²) >= 11 is 0. The number of hydrogen-bond donors (Lipinski definition) is 0. The van der Waals surface area contributed by atoms with E-state index < -0.39 is 0 Å². The second-order valence-electron chi connectivity index (χ2n) is 29.4. The third-order valence-corrected chi connectivity index (χ3v) is 23.1. The van der Waals surface area contributed by atoms with E-state index in [-0.39, 0.29) is 10.8 Å². The van der Waals surface area contributed by atoms with Gasteiger partial charge in [-0.2, -0.15) is 0 Å². The lowest BCUT2D eigenvalue weighted by Crippen LogP contribution is -2.28. The van der Waals surface area contributed by atoms with E-state index in [1.54, 1.807) is 0 Å². The zero-order chi connectivity index (χ0) is 71.8. The molecule has 2 spiro atoms. The van der Waals surface area contributed by atoms with E-state index in [2.05, 4.69) is 291 Å². The molecule has 14 aromatic carbocycles. The van der Waals surface area contributed by atoms with Crippen LogP contribution >= 0.6 is 0 Å². The average molecular weight is 1390 g/mol. The maximum atomic E-state index is 5.06. The van der Waals surface area contributed by atoms with E-state index in [9.17, 15) is 0 Å².